The van der Waals surface area contributed by atoms with Crippen molar-refractivity contribution in [3.63, 3.8) is 0 Å². The summed E-state index contributed by atoms with van der Waals surface area (Å²) in [5.74, 6) is 0. The highest BCUT2D eigenvalue weighted by atomic mass is 19.4. The number of carboxylic acid groups (broad SMARTS) is 1. The van der Waals surface area contributed by atoms with Gasteiger partial charge in [0, 0.05) is 24.2 Å². The highest BCUT2D eigenvalue weighted by molar-refractivity contribution is 5.65. The number of nitrogens with zero attached hydrogens (tertiary/aromatic N) is 3. The third kappa shape index (κ3) is 2.38. The summed E-state index contributed by atoms with van der Waals surface area (Å²) >= 11 is 0. The Morgan fingerprint density at radius 1 is 1.26 bits per heavy atom. The van der Waals surface area contributed by atoms with Crippen molar-refractivity contribution >= 4 is 6.09 Å². The van der Waals surface area contributed by atoms with Crippen LogP contribution in [-0.2, 0) is 23.9 Å². The predicted octanol–water partition coefficient (Wildman–Crippen LogP) is 3.27. The summed E-state index contributed by atoms with van der Waals surface area (Å²) < 4.78 is 42.3. The molecule has 0 bridgehead atoms. The number of halogens is 3. The monoisotopic (exact) mass is 331 g/mol. The van der Waals surface area contributed by atoms with Gasteiger partial charge in [-0.2, -0.15) is 18.3 Å². The van der Waals surface area contributed by atoms with E-state index in [1.165, 1.54) is 0 Å². The molecule has 0 aromatic carbocycles. The molecular formula is C15H20F3N3O2. The minimum absolute atomic E-state index is 0.0199. The molecule has 8 heteroatoms. The summed E-state index contributed by atoms with van der Waals surface area (Å²) in [6, 6.07) is 0. The molecule has 23 heavy (non-hydrogen) atoms. The zero-order valence-electron chi connectivity index (χ0n) is 13.4. The van der Waals surface area contributed by atoms with Crippen molar-refractivity contribution in [1.82, 2.24) is 14.7 Å². The van der Waals surface area contributed by atoms with Crippen molar-refractivity contribution in [2.75, 3.05) is 6.54 Å². The molecular weight excluding hydrogens is 311 g/mol. The SMILES string of the molecule is CC(C)(C)n1nc(C2(C(F)(F)F)CC2)c2c1CCN(C(=O)O)C2. The molecule has 1 fully saturated rings. The van der Waals surface area contributed by atoms with E-state index in [1.54, 1.807) is 4.68 Å². The van der Waals surface area contributed by atoms with Gasteiger partial charge in [-0.05, 0) is 33.6 Å². The van der Waals surface area contributed by atoms with Gasteiger partial charge in [0.25, 0.3) is 0 Å². The van der Waals surface area contributed by atoms with Crippen LogP contribution >= 0.6 is 0 Å². The quantitative estimate of drug-likeness (QED) is 0.859. The van der Waals surface area contributed by atoms with Crippen molar-refractivity contribution in [1.29, 1.82) is 0 Å². The van der Waals surface area contributed by atoms with E-state index in [0.29, 0.717) is 12.0 Å². The average molecular weight is 331 g/mol. The Balaban J connectivity index is 2.14. The first kappa shape index (κ1) is 16.1. The van der Waals surface area contributed by atoms with E-state index < -0.39 is 23.2 Å². The van der Waals surface area contributed by atoms with Crippen LogP contribution in [0.25, 0.3) is 0 Å². The van der Waals surface area contributed by atoms with Crippen LogP contribution in [0.4, 0.5) is 18.0 Å². The smallest absolute Gasteiger partial charge is 0.407 e. The van der Waals surface area contributed by atoms with Crippen molar-refractivity contribution in [3.8, 4) is 0 Å². The van der Waals surface area contributed by atoms with Crippen molar-refractivity contribution < 1.29 is 23.1 Å². The molecule has 0 saturated heterocycles. The molecule has 3 rings (SSSR count). The number of aromatic nitrogens is 2. The third-order valence-corrected chi connectivity index (χ3v) is 4.71. The molecule has 1 aromatic heterocycles. The highest BCUT2D eigenvalue weighted by Crippen LogP contribution is 2.59. The van der Waals surface area contributed by atoms with E-state index in [0.717, 1.165) is 10.6 Å². The Morgan fingerprint density at radius 3 is 2.30 bits per heavy atom. The standard InChI is InChI=1S/C15H20F3N3O2/c1-13(2,3)21-10-4-7-20(12(22)23)8-9(10)11(19-21)14(5-6-14)15(16,17)18/h4-8H2,1-3H3,(H,22,23). The fourth-order valence-electron chi connectivity index (χ4n) is 3.30. The van der Waals surface area contributed by atoms with E-state index >= 15 is 0 Å². The van der Waals surface area contributed by atoms with Crippen molar-refractivity contribution in [2.24, 2.45) is 0 Å². The summed E-state index contributed by atoms with van der Waals surface area (Å²) in [5.41, 5.74) is -1.13. The van der Waals surface area contributed by atoms with Gasteiger partial charge in [0.15, 0.2) is 0 Å². The Morgan fingerprint density at radius 2 is 1.87 bits per heavy atom. The van der Waals surface area contributed by atoms with E-state index in [1.807, 2.05) is 20.8 Å². The zero-order valence-corrected chi connectivity index (χ0v) is 13.4. The summed E-state index contributed by atoms with van der Waals surface area (Å²) in [6.45, 7) is 5.93. The molecule has 0 atom stereocenters. The van der Waals surface area contributed by atoms with Crippen LogP contribution in [0.2, 0.25) is 0 Å². The van der Waals surface area contributed by atoms with Crippen LogP contribution in [0, 0.1) is 0 Å². The molecule has 5 nitrogen and oxygen atoms in total. The highest BCUT2D eigenvalue weighted by Gasteiger charge is 2.67. The number of hydrogen-bond donors (Lipinski definition) is 1. The summed E-state index contributed by atoms with van der Waals surface area (Å²) in [7, 11) is 0. The van der Waals surface area contributed by atoms with Gasteiger partial charge in [-0.25, -0.2) is 4.79 Å². The second-order valence-corrected chi connectivity index (χ2v) is 7.39. The van der Waals surface area contributed by atoms with E-state index in [9.17, 15) is 23.1 Å². The van der Waals surface area contributed by atoms with Crippen molar-refractivity contribution in [2.45, 2.75) is 63.7 Å². The topological polar surface area (TPSA) is 58.4 Å². The Hall–Kier alpha value is -1.73. The minimum atomic E-state index is -4.36. The summed E-state index contributed by atoms with van der Waals surface area (Å²) in [4.78, 5) is 12.4. The molecule has 1 aliphatic carbocycles. The summed E-state index contributed by atoms with van der Waals surface area (Å²) in [5, 5.41) is 13.5. The Kier molecular flexibility index (Phi) is 3.26. The number of hydrogen-bond acceptors (Lipinski definition) is 2. The first-order valence-corrected chi connectivity index (χ1v) is 7.64. The van der Waals surface area contributed by atoms with Crippen LogP contribution in [0.5, 0.6) is 0 Å². The van der Waals surface area contributed by atoms with Gasteiger partial charge in [-0.3, -0.25) is 4.68 Å². The molecule has 128 valence electrons. The zero-order chi connectivity index (χ0) is 17.2. The van der Waals surface area contributed by atoms with Crippen LogP contribution in [0.3, 0.4) is 0 Å². The number of fused-ring (bicyclic) bond motifs is 1. The molecule has 1 N–H and O–H groups in total. The number of carbonyl (C=O) groups is 1. The number of rotatable bonds is 1. The van der Waals surface area contributed by atoms with Crippen LogP contribution < -0.4 is 0 Å². The molecule has 1 aliphatic heterocycles. The van der Waals surface area contributed by atoms with Crippen LogP contribution in [0.1, 0.15) is 50.6 Å². The lowest BCUT2D eigenvalue weighted by Crippen LogP contribution is -2.37. The first-order chi connectivity index (χ1) is 10.5. The fraction of sp³-hybridized carbons (Fsp3) is 0.733. The fourth-order valence-corrected chi connectivity index (χ4v) is 3.30. The number of amides is 1. The molecule has 0 radical (unpaired) electrons. The van der Waals surface area contributed by atoms with Gasteiger partial charge < -0.3 is 10.0 Å². The second-order valence-electron chi connectivity index (χ2n) is 7.39. The second kappa shape index (κ2) is 4.64. The minimum Gasteiger partial charge on any atom is -0.465 e. The predicted molar refractivity (Wildman–Crippen MR) is 76.3 cm³/mol. The molecule has 2 heterocycles. The maximum atomic E-state index is 13.5. The molecule has 2 aliphatic rings. The first-order valence-electron chi connectivity index (χ1n) is 7.64. The number of alkyl halides is 3. The molecule has 1 saturated carbocycles. The summed E-state index contributed by atoms with van der Waals surface area (Å²) in [6.07, 6.45) is -5.03. The normalized spacial score (nSPS) is 20.3. The Labute approximate surface area is 132 Å². The van der Waals surface area contributed by atoms with Gasteiger partial charge in [-0.1, -0.05) is 0 Å². The van der Waals surface area contributed by atoms with E-state index in [2.05, 4.69) is 5.10 Å². The lowest BCUT2D eigenvalue weighted by molar-refractivity contribution is -0.161. The van der Waals surface area contributed by atoms with Gasteiger partial charge in [0.05, 0.1) is 17.8 Å². The van der Waals surface area contributed by atoms with E-state index in [4.69, 9.17) is 0 Å². The lowest BCUT2D eigenvalue weighted by atomic mass is 9.94. The Bertz CT molecular complexity index is 654. The largest absolute Gasteiger partial charge is 0.465 e. The maximum Gasteiger partial charge on any atom is 0.407 e. The van der Waals surface area contributed by atoms with Gasteiger partial charge in [-0.15, -0.1) is 0 Å². The molecule has 0 unspecified atom stereocenters. The third-order valence-electron chi connectivity index (χ3n) is 4.71. The van der Waals surface area contributed by atoms with Crippen LogP contribution in [-0.4, -0.2) is 38.6 Å². The van der Waals surface area contributed by atoms with Gasteiger partial charge in [0.1, 0.15) is 5.41 Å². The molecule has 1 amide bonds. The molecule has 1 aromatic rings. The van der Waals surface area contributed by atoms with Gasteiger partial charge in [0.2, 0.25) is 0 Å². The average Bonchev–Trinajstić information content (AvgIpc) is 3.12. The molecule has 0 spiro atoms. The van der Waals surface area contributed by atoms with Crippen LogP contribution in [0.15, 0.2) is 0 Å². The van der Waals surface area contributed by atoms with Crippen molar-refractivity contribution in [3.05, 3.63) is 17.0 Å². The maximum absolute atomic E-state index is 13.5. The van der Waals surface area contributed by atoms with Gasteiger partial charge >= 0.3 is 12.3 Å². The lowest BCUT2D eigenvalue weighted by Gasteiger charge is -2.29. The van der Waals surface area contributed by atoms with E-state index in [-0.39, 0.29) is 31.6 Å².